The monoisotopic (exact) mass is 1800 g/mol. The zero-order valence-corrected chi connectivity index (χ0v) is 75.5. The number of aromatic nitrogens is 13. The number of fused-ring (bicyclic) bond motifs is 21. The molecule has 646 valence electrons. The molecule has 0 spiro atoms. The van der Waals surface area contributed by atoms with E-state index in [0.717, 1.165) is 122 Å². The minimum absolute atomic E-state index is 0.589. The molecule has 0 fully saturated rings. The fourth-order valence-electron chi connectivity index (χ4n) is 19.4. The number of nitrogens with zero attached hydrogens (tertiary/aromatic N) is 13. The molecule has 18 aromatic carbocycles. The molecule has 138 heavy (non-hydrogen) atoms. The van der Waals surface area contributed by atoms with Crippen LogP contribution in [0.4, 0.5) is 0 Å². The highest BCUT2D eigenvalue weighted by molar-refractivity contribution is 7.27. The van der Waals surface area contributed by atoms with E-state index in [1.165, 1.54) is 83.8 Å². The van der Waals surface area contributed by atoms with E-state index in [0.29, 0.717) is 52.4 Å². The highest BCUT2D eigenvalue weighted by atomic mass is 32.1. The van der Waals surface area contributed by atoms with E-state index in [-0.39, 0.29) is 0 Å². The summed E-state index contributed by atoms with van der Waals surface area (Å²) in [4.78, 5) is 49.5. The highest BCUT2D eigenvalue weighted by Gasteiger charge is 2.26. The maximum Gasteiger partial charge on any atom is 0.165 e. The average molecular weight is 1800 g/mol. The van der Waals surface area contributed by atoms with Crippen LogP contribution in [0.25, 0.3) is 259 Å². The topological polar surface area (TPSA) is 157 Å². The van der Waals surface area contributed by atoms with E-state index in [1.807, 2.05) is 199 Å². The molecule has 0 aliphatic heterocycles. The third-order valence-electron chi connectivity index (χ3n) is 25.8. The lowest BCUT2D eigenvalue weighted by Gasteiger charge is -2.12. The molecule has 0 atom stereocenters. The summed E-state index contributed by atoms with van der Waals surface area (Å²) in [6.07, 6.45) is 1.87. The maximum atomic E-state index is 6.51. The van der Waals surface area contributed by atoms with Gasteiger partial charge in [0.15, 0.2) is 58.0 Å². The van der Waals surface area contributed by atoms with Gasteiger partial charge in [-0.2, -0.15) is 0 Å². The van der Waals surface area contributed by atoms with E-state index in [4.69, 9.17) is 54.3 Å². The summed E-state index contributed by atoms with van der Waals surface area (Å²) in [7, 11) is 0. The molecule has 0 saturated heterocycles. The Morgan fingerprint density at radius 2 is 0.507 bits per heavy atom. The van der Waals surface area contributed by atoms with Crippen LogP contribution in [0, 0.1) is 0 Å². The first-order chi connectivity index (χ1) is 68.4. The SMILES string of the molecule is c1ccc(-c2cccc(-c3nc(-c4ccccc4)nc(-c4cccc(-n5c6ccccc6c6ccc7c8ccccc8sc7c65)c4)n3)c2)cc1.c1ccc(-c2nc(-c3ccccc3)nc(-c3ccc(-n4c5ccccc5c5ccc6c7ccccc7oc6c54)cc3)n2)cc1.c1ccc(-c2nc(-c3ccccc3)nc(-c3ccc(-n4c5ccccc5c5ccc6c7ccccc7sc6c54)nc3)n2)cc1. The van der Waals surface area contributed by atoms with Crippen molar-refractivity contribution in [1.29, 1.82) is 0 Å². The van der Waals surface area contributed by atoms with Crippen LogP contribution in [0.3, 0.4) is 0 Å². The number of hydrogen-bond acceptors (Lipinski definition) is 13. The van der Waals surface area contributed by atoms with E-state index >= 15 is 0 Å². The number of furan rings is 1. The second-order valence-electron chi connectivity index (χ2n) is 34.1. The molecule has 28 rings (SSSR count). The number of rotatable bonds is 13. The van der Waals surface area contributed by atoms with Gasteiger partial charge in [0, 0.05) is 142 Å². The zero-order chi connectivity index (χ0) is 91.1. The molecular formula is C122H75N13OS2. The largest absolute Gasteiger partial charge is 0.454 e. The minimum atomic E-state index is 0.589. The van der Waals surface area contributed by atoms with Crippen LogP contribution in [-0.2, 0) is 0 Å². The third-order valence-corrected chi connectivity index (χ3v) is 28.2. The van der Waals surface area contributed by atoms with E-state index < -0.39 is 0 Å². The van der Waals surface area contributed by atoms with Crippen LogP contribution in [0.1, 0.15) is 0 Å². The van der Waals surface area contributed by atoms with Gasteiger partial charge in [-0.3, -0.25) is 4.57 Å². The summed E-state index contributed by atoms with van der Waals surface area (Å²) in [5, 5.41) is 14.6. The minimum Gasteiger partial charge on any atom is -0.454 e. The van der Waals surface area contributed by atoms with Crippen LogP contribution >= 0.6 is 22.7 Å². The first-order valence-electron chi connectivity index (χ1n) is 45.8. The van der Waals surface area contributed by atoms with Crippen LogP contribution in [-0.4, -0.2) is 63.5 Å². The van der Waals surface area contributed by atoms with Crippen molar-refractivity contribution in [3.8, 4) is 131 Å². The van der Waals surface area contributed by atoms with Gasteiger partial charge in [0.25, 0.3) is 0 Å². The van der Waals surface area contributed by atoms with Crippen molar-refractivity contribution in [1.82, 2.24) is 63.5 Å². The molecule has 14 nitrogen and oxygen atoms in total. The predicted molar refractivity (Wildman–Crippen MR) is 568 cm³/mol. The van der Waals surface area contributed by atoms with Crippen LogP contribution in [0.5, 0.6) is 0 Å². The highest BCUT2D eigenvalue weighted by Crippen LogP contribution is 2.48. The Morgan fingerprint density at radius 3 is 0.964 bits per heavy atom. The first kappa shape index (κ1) is 80.6. The molecule has 10 heterocycles. The molecule has 0 aliphatic rings. The second kappa shape index (κ2) is 34.1. The Hall–Kier alpha value is -18.2. The second-order valence-corrected chi connectivity index (χ2v) is 36.2. The van der Waals surface area contributed by atoms with Gasteiger partial charge in [0.05, 0.1) is 42.5 Å². The average Bonchev–Trinajstić information content (AvgIpc) is 1.57. The van der Waals surface area contributed by atoms with Crippen molar-refractivity contribution < 1.29 is 4.42 Å². The van der Waals surface area contributed by atoms with Gasteiger partial charge in [0.1, 0.15) is 11.4 Å². The van der Waals surface area contributed by atoms with E-state index in [9.17, 15) is 0 Å². The molecule has 0 amide bonds. The quantitative estimate of drug-likeness (QED) is 0.108. The predicted octanol–water partition coefficient (Wildman–Crippen LogP) is 31.6. The molecule has 0 radical (unpaired) electrons. The molecule has 16 heteroatoms. The Morgan fingerprint density at radius 1 is 0.188 bits per heavy atom. The summed E-state index contributed by atoms with van der Waals surface area (Å²) in [5.74, 6) is 6.55. The van der Waals surface area contributed by atoms with Gasteiger partial charge in [-0.1, -0.05) is 352 Å². The van der Waals surface area contributed by atoms with Crippen LogP contribution < -0.4 is 0 Å². The molecule has 0 unspecified atom stereocenters. The lowest BCUT2D eigenvalue weighted by molar-refractivity contribution is 0.671. The van der Waals surface area contributed by atoms with Crippen molar-refractivity contribution in [2.75, 3.05) is 0 Å². The van der Waals surface area contributed by atoms with Gasteiger partial charge in [0.2, 0.25) is 0 Å². The van der Waals surface area contributed by atoms with E-state index in [1.54, 1.807) is 0 Å². The summed E-state index contributed by atoms with van der Waals surface area (Å²) in [5.41, 5.74) is 21.4. The Kier molecular flexibility index (Phi) is 19.9. The third kappa shape index (κ3) is 14.3. The van der Waals surface area contributed by atoms with Crippen LogP contribution in [0.15, 0.2) is 460 Å². The molecule has 0 N–H and O–H groups in total. The number of thiophene rings is 2. The van der Waals surface area contributed by atoms with Gasteiger partial charge >= 0.3 is 0 Å². The Bertz CT molecular complexity index is 9110. The summed E-state index contributed by atoms with van der Waals surface area (Å²) in [6, 6.07) is 155. The van der Waals surface area contributed by atoms with Crippen molar-refractivity contribution in [3.05, 3.63) is 455 Å². The van der Waals surface area contributed by atoms with Gasteiger partial charge in [-0.05, 0) is 108 Å². The van der Waals surface area contributed by atoms with Crippen molar-refractivity contribution >= 4 is 150 Å². The van der Waals surface area contributed by atoms with Gasteiger partial charge in [-0.25, -0.2) is 49.8 Å². The summed E-state index contributed by atoms with van der Waals surface area (Å²) < 4.78 is 18.7. The van der Waals surface area contributed by atoms with Crippen LogP contribution in [0.2, 0.25) is 0 Å². The number of hydrogen-bond donors (Lipinski definition) is 0. The summed E-state index contributed by atoms with van der Waals surface area (Å²) >= 11 is 3.70. The molecular weight excluding hydrogens is 1730 g/mol. The number of benzene rings is 18. The van der Waals surface area contributed by atoms with Crippen molar-refractivity contribution in [2.24, 2.45) is 0 Å². The van der Waals surface area contributed by atoms with Crippen molar-refractivity contribution in [3.63, 3.8) is 0 Å². The number of para-hydroxylation sites is 4. The smallest absolute Gasteiger partial charge is 0.165 e. The van der Waals surface area contributed by atoms with Gasteiger partial charge in [-0.15, -0.1) is 22.7 Å². The Labute approximate surface area is 798 Å². The molecule has 0 aliphatic carbocycles. The fourth-order valence-corrected chi connectivity index (χ4v) is 21.8. The lowest BCUT2D eigenvalue weighted by Crippen LogP contribution is -2.01. The molecule has 10 aromatic heterocycles. The fraction of sp³-hybridized carbons (Fsp3) is 0. The van der Waals surface area contributed by atoms with Gasteiger partial charge < -0.3 is 13.6 Å². The Balaban J connectivity index is 0.000000107. The normalized spacial score (nSPS) is 11.6. The standard InChI is InChI=1S/C45H28N4S.C39H24N4O.C38H23N5S/c1-3-13-29(14-4-1)31-17-11-18-32(27-31)44-46-43(30-15-5-2-6-16-30)47-45(48-44)33-19-12-20-34(28-33)49-39-23-9-7-21-35(39)37-25-26-38-36-22-8-10-24-40(36)50-42(38)41(37)49;1-3-11-25(12-4-1)37-40-38(26-13-5-2-6-14-26)42-39(41-37)27-19-21-28(22-20-27)43-33-17-9-7-15-29(33)31-23-24-32-30-16-8-10-18-34(30)44-36(32)35(31)43;1-3-11-24(12-4-1)36-40-37(25-13-5-2-6-14-25)42-38(41-36)26-19-22-33(39-23-26)43-31-17-9-7-15-27(31)29-20-21-30-28-16-8-10-18-32(28)44-35(30)34(29)43/h1-28H;1-24H;1-23H. The summed E-state index contributed by atoms with van der Waals surface area (Å²) in [6.45, 7) is 0. The lowest BCUT2D eigenvalue weighted by atomic mass is 10.0. The maximum absolute atomic E-state index is 6.51. The molecule has 0 bridgehead atoms. The zero-order valence-electron chi connectivity index (χ0n) is 73.8. The first-order valence-corrected chi connectivity index (χ1v) is 47.5. The molecule has 28 aromatic rings. The molecule has 0 saturated carbocycles. The van der Waals surface area contributed by atoms with E-state index in [2.05, 4.69) is 293 Å². The van der Waals surface area contributed by atoms with Crippen molar-refractivity contribution in [2.45, 2.75) is 0 Å². The number of pyridine rings is 1.